The molecule has 2 aromatic heterocycles. The smallest absolute Gasteiger partial charge is 0.271 e. The van der Waals surface area contributed by atoms with E-state index in [4.69, 9.17) is 4.52 Å². The maximum atomic E-state index is 11.8. The van der Waals surface area contributed by atoms with Crippen LogP contribution >= 0.6 is 15.9 Å². The quantitative estimate of drug-likeness (QED) is 0.941. The van der Waals surface area contributed by atoms with Gasteiger partial charge in [-0.15, -0.1) is 0 Å². The van der Waals surface area contributed by atoms with Crippen molar-refractivity contribution in [1.29, 1.82) is 0 Å². The minimum absolute atomic E-state index is 0.258. The van der Waals surface area contributed by atoms with Crippen molar-refractivity contribution in [3.8, 4) is 0 Å². The van der Waals surface area contributed by atoms with Crippen LogP contribution in [-0.4, -0.2) is 16.0 Å². The number of hydrogen-bond donors (Lipinski definition) is 1. The lowest BCUT2D eigenvalue weighted by Crippen LogP contribution is -2.23. The molecular weight excluding hydrogens is 286 g/mol. The molecule has 0 aliphatic heterocycles. The Morgan fingerprint density at radius 1 is 1.59 bits per heavy atom. The van der Waals surface area contributed by atoms with Crippen LogP contribution in [0.3, 0.4) is 0 Å². The van der Waals surface area contributed by atoms with E-state index in [-0.39, 0.29) is 5.91 Å². The highest BCUT2D eigenvalue weighted by Gasteiger charge is 2.11. The fourth-order valence-corrected chi connectivity index (χ4v) is 1.74. The van der Waals surface area contributed by atoms with Gasteiger partial charge in [-0.3, -0.25) is 4.79 Å². The van der Waals surface area contributed by atoms with E-state index < -0.39 is 0 Å². The Kier molecular flexibility index (Phi) is 3.53. The zero-order chi connectivity index (χ0) is 12.3. The molecule has 6 heteroatoms. The maximum Gasteiger partial charge on any atom is 0.271 e. The van der Waals surface area contributed by atoms with Gasteiger partial charge in [0.25, 0.3) is 5.91 Å². The summed E-state index contributed by atoms with van der Waals surface area (Å²) in [5.74, 6) is 0.356. The van der Waals surface area contributed by atoms with Crippen LogP contribution in [0.1, 0.15) is 21.9 Å². The second-order valence-electron chi connectivity index (χ2n) is 3.45. The topological polar surface area (TPSA) is 68.0 Å². The van der Waals surface area contributed by atoms with Gasteiger partial charge < -0.3 is 9.84 Å². The molecule has 1 amide bonds. The van der Waals surface area contributed by atoms with E-state index in [1.807, 2.05) is 6.92 Å². The first-order chi connectivity index (χ1) is 8.16. The fourth-order valence-electron chi connectivity index (χ4n) is 1.30. The number of halogens is 1. The number of amides is 1. The van der Waals surface area contributed by atoms with Crippen molar-refractivity contribution in [2.24, 2.45) is 0 Å². The number of carbonyl (C=O) groups is 1. The summed E-state index contributed by atoms with van der Waals surface area (Å²) in [7, 11) is 0. The number of nitrogens with one attached hydrogen (secondary N) is 1. The Bertz CT molecular complexity index is 539. The molecule has 0 saturated heterocycles. The van der Waals surface area contributed by atoms with Gasteiger partial charge in [-0.05, 0) is 35.0 Å². The zero-order valence-corrected chi connectivity index (χ0v) is 10.7. The van der Waals surface area contributed by atoms with E-state index in [2.05, 4.69) is 31.4 Å². The molecule has 88 valence electrons. The molecule has 5 nitrogen and oxygen atoms in total. The average Bonchev–Trinajstić information content (AvgIpc) is 2.73. The Labute approximate surface area is 106 Å². The molecule has 2 aromatic rings. The molecule has 0 aliphatic rings. The Hall–Kier alpha value is -1.69. The van der Waals surface area contributed by atoms with Crippen molar-refractivity contribution in [2.45, 2.75) is 13.5 Å². The summed E-state index contributed by atoms with van der Waals surface area (Å²) in [6.45, 7) is 2.12. The van der Waals surface area contributed by atoms with Crippen LogP contribution in [0.15, 0.2) is 33.4 Å². The van der Waals surface area contributed by atoms with Gasteiger partial charge in [0.1, 0.15) is 5.69 Å². The third kappa shape index (κ3) is 2.91. The molecular formula is C11H10BrN3O2. The third-order valence-electron chi connectivity index (χ3n) is 2.07. The Morgan fingerprint density at radius 2 is 2.41 bits per heavy atom. The van der Waals surface area contributed by atoms with Crippen molar-refractivity contribution >= 4 is 21.8 Å². The van der Waals surface area contributed by atoms with Crippen LogP contribution in [0.5, 0.6) is 0 Å². The second-order valence-corrected chi connectivity index (χ2v) is 4.31. The van der Waals surface area contributed by atoms with E-state index in [9.17, 15) is 4.79 Å². The monoisotopic (exact) mass is 295 g/mol. The highest BCUT2D eigenvalue weighted by Crippen LogP contribution is 2.13. The minimum Gasteiger partial charge on any atom is -0.359 e. The van der Waals surface area contributed by atoms with Gasteiger partial charge >= 0.3 is 0 Å². The van der Waals surface area contributed by atoms with Crippen LogP contribution < -0.4 is 5.32 Å². The molecule has 2 heterocycles. The van der Waals surface area contributed by atoms with Crippen LogP contribution in [0, 0.1) is 6.92 Å². The van der Waals surface area contributed by atoms with E-state index in [0.717, 1.165) is 5.69 Å². The number of nitrogens with zero attached hydrogens (tertiary/aromatic N) is 2. The molecule has 0 aliphatic carbocycles. The Balaban J connectivity index is 2.01. The van der Waals surface area contributed by atoms with E-state index in [0.29, 0.717) is 22.5 Å². The molecule has 0 spiro atoms. The molecule has 1 N–H and O–H groups in total. The average molecular weight is 296 g/mol. The summed E-state index contributed by atoms with van der Waals surface area (Å²) in [6.07, 6.45) is 1.57. The van der Waals surface area contributed by atoms with Crippen molar-refractivity contribution in [3.05, 3.63) is 46.0 Å². The van der Waals surface area contributed by atoms with Crippen LogP contribution in [-0.2, 0) is 6.54 Å². The molecule has 0 fully saturated rings. The summed E-state index contributed by atoms with van der Waals surface area (Å²) in [4.78, 5) is 15.8. The first-order valence-corrected chi connectivity index (χ1v) is 5.77. The molecule has 17 heavy (non-hydrogen) atoms. The van der Waals surface area contributed by atoms with Gasteiger partial charge in [0.15, 0.2) is 5.76 Å². The summed E-state index contributed by atoms with van der Waals surface area (Å²) >= 11 is 3.27. The lowest BCUT2D eigenvalue weighted by Gasteiger charge is -2.03. The summed E-state index contributed by atoms with van der Waals surface area (Å²) in [5.41, 5.74) is 1.14. The number of hydrogen-bond acceptors (Lipinski definition) is 4. The predicted octanol–water partition coefficient (Wildman–Crippen LogP) is 2.07. The van der Waals surface area contributed by atoms with Crippen molar-refractivity contribution in [1.82, 2.24) is 15.5 Å². The van der Waals surface area contributed by atoms with Gasteiger partial charge in [-0.1, -0.05) is 5.16 Å². The number of pyridine rings is 1. The molecule has 0 unspecified atom stereocenters. The lowest BCUT2D eigenvalue weighted by molar-refractivity contribution is 0.0941. The van der Waals surface area contributed by atoms with Gasteiger partial charge in [-0.25, -0.2) is 4.98 Å². The molecule has 0 bridgehead atoms. The summed E-state index contributed by atoms with van der Waals surface area (Å²) in [5, 5.41) is 6.44. The molecule has 0 radical (unpaired) electrons. The minimum atomic E-state index is -0.258. The predicted molar refractivity (Wildman–Crippen MR) is 64.3 cm³/mol. The van der Waals surface area contributed by atoms with Gasteiger partial charge in [0.2, 0.25) is 0 Å². The fraction of sp³-hybridized carbons (Fsp3) is 0.182. The second kappa shape index (κ2) is 5.09. The third-order valence-corrected chi connectivity index (χ3v) is 2.71. The number of rotatable bonds is 3. The van der Waals surface area contributed by atoms with E-state index in [1.165, 1.54) is 0 Å². The SMILES string of the molecule is Cc1cc(CNC(=O)c2ncccc2Br)on1. The van der Waals surface area contributed by atoms with E-state index in [1.54, 1.807) is 24.4 Å². The Morgan fingerprint density at radius 3 is 3.06 bits per heavy atom. The summed E-state index contributed by atoms with van der Waals surface area (Å²) < 4.78 is 5.64. The van der Waals surface area contributed by atoms with E-state index >= 15 is 0 Å². The zero-order valence-electron chi connectivity index (χ0n) is 9.11. The lowest BCUT2D eigenvalue weighted by atomic mass is 10.3. The maximum absolute atomic E-state index is 11.8. The highest BCUT2D eigenvalue weighted by molar-refractivity contribution is 9.10. The largest absolute Gasteiger partial charge is 0.359 e. The van der Waals surface area contributed by atoms with Gasteiger partial charge in [0.05, 0.1) is 12.2 Å². The molecule has 0 saturated carbocycles. The summed E-state index contributed by atoms with van der Waals surface area (Å²) in [6, 6.07) is 5.29. The van der Waals surface area contributed by atoms with Crippen molar-refractivity contribution in [2.75, 3.05) is 0 Å². The number of carbonyl (C=O) groups excluding carboxylic acids is 1. The number of aryl methyl sites for hydroxylation is 1. The first-order valence-electron chi connectivity index (χ1n) is 4.98. The molecule has 0 atom stereocenters. The normalized spacial score (nSPS) is 10.2. The van der Waals surface area contributed by atoms with Gasteiger partial charge in [0, 0.05) is 16.7 Å². The van der Waals surface area contributed by atoms with Crippen LogP contribution in [0.4, 0.5) is 0 Å². The molecule has 0 aromatic carbocycles. The highest BCUT2D eigenvalue weighted by atomic mass is 79.9. The van der Waals surface area contributed by atoms with Crippen molar-refractivity contribution < 1.29 is 9.32 Å². The van der Waals surface area contributed by atoms with Crippen LogP contribution in [0.25, 0.3) is 0 Å². The number of aromatic nitrogens is 2. The standard InChI is InChI=1S/C11H10BrN3O2/c1-7-5-8(17-15-7)6-14-11(16)10-9(12)3-2-4-13-10/h2-5H,6H2,1H3,(H,14,16). The molecule has 2 rings (SSSR count). The van der Waals surface area contributed by atoms with Gasteiger partial charge in [-0.2, -0.15) is 0 Å². The van der Waals surface area contributed by atoms with Crippen molar-refractivity contribution in [3.63, 3.8) is 0 Å². The first kappa shape index (κ1) is 11.8. The van der Waals surface area contributed by atoms with Crippen LogP contribution in [0.2, 0.25) is 0 Å².